The third-order valence-corrected chi connectivity index (χ3v) is 3.85. The number of hydrogen-bond acceptors (Lipinski definition) is 3. The number of amides is 2. The molecule has 0 aliphatic heterocycles. The molecule has 1 heterocycles. The Hall–Kier alpha value is -1.82. The van der Waals surface area contributed by atoms with Gasteiger partial charge in [0.05, 0.1) is 0 Å². The van der Waals surface area contributed by atoms with Gasteiger partial charge >= 0.3 is 0 Å². The van der Waals surface area contributed by atoms with E-state index in [0.29, 0.717) is 5.58 Å². The van der Waals surface area contributed by atoms with E-state index >= 15 is 0 Å². The van der Waals surface area contributed by atoms with Crippen LogP contribution in [0.5, 0.6) is 0 Å². The molecule has 1 aromatic heterocycles. The first-order valence-corrected chi connectivity index (χ1v) is 8.05. The maximum atomic E-state index is 12.0. The highest BCUT2D eigenvalue weighted by Crippen LogP contribution is 2.23. The van der Waals surface area contributed by atoms with Crippen LogP contribution in [0.1, 0.15) is 37.2 Å². The van der Waals surface area contributed by atoms with Crippen LogP contribution in [0.4, 0.5) is 0 Å². The fourth-order valence-electron chi connectivity index (χ4n) is 1.95. The van der Waals surface area contributed by atoms with Crippen molar-refractivity contribution in [2.75, 3.05) is 6.54 Å². The number of halogens is 1. The summed E-state index contributed by atoms with van der Waals surface area (Å²) in [6, 6.07) is 7.38. The van der Waals surface area contributed by atoms with Crippen LogP contribution in [0.15, 0.2) is 33.2 Å². The van der Waals surface area contributed by atoms with Gasteiger partial charge in [-0.25, -0.2) is 0 Å². The van der Waals surface area contributed by atoms with E-state index in [1.165, 1.54) is 0 Å². The number of fused-ring (bicyclic) bond motifs is 1. The van der Waals surface area contributed by atoms with Crippen LogP contribution in [-0.2, 0) is 4.79 Å². The Bertz CT molecular complexity index is 681. The predicted molar refractivity (Wildman–Crippen MR) is 88.8 cm³/mol. The van der Waals surface area contributed by atoms with Crippen molar-refractivity contribution in [1.29, 1.82) is 0 Å². The number of benzene rings is 1. The van der Waals surface area contributed by atoms with Crippen molar-refractivity contribution in [2.45, 2.75) is 32.7 Å². The molecule has 5 nitrogen and oxygen atoms in total. The second-order valence-corrected chi connectivity index (χ2v) is 6.09. The van der Waals surface area contributed by atoms with Gasteiger partial charge in [0.15, 0.2) is 5.76 Å². The van der Waals surface area contributed by atoms with Crippen molar-refractivity contribution < 1.29 is 14.0 Å². The van der Waals surface area contributed by atoms with E-state index in [4.69, 9.17) is 4.42 Å². The summed E-state index contributed by atoms with van der Waals surface area (Å²) in [5.41, 5.74) is 0.655. The first kappa shape index (κ1) is 16.5. The van der Waals surface area contributed by atoms with Gasteiger partial charge < -0.3 is 15.1 Å². The van der Waals surface area contributed by atoms with Gasteiger partial charge in [-0.1, -0.05) is 22.9 Å². The van der Waals surface area contributed by atoms with Crippen molar-refractivity contribution in [3.8, 4) is 0 Å². The molecule has 0 spiro atoms. The smallest absolute Gasteiger partial charge is 0.287 e. The number of rotatable bonds is 6. The lowest BCUT2D eigenvalue weighted by molar-refractivity contribution is -0.121. The molecule has 2 amide bonds. The summed E-state index contributed by atoms with van der Waals surface area (Å²) in [5.74, 6) is -0.137. The molecular weight excluding hydrogens is 348 g/mol. The molecule has 0 fully saturated rings. The summed E-state index contributed by atoms with van der Waals surface area (Å²) >= 11 is 3.38. The topological polar surface area (TPSA) is 71.3 Å². The van der Waals surface area contributed by atoms with E-state index in [9.17, 15) is 9.59 Å². The molecule has 0 bridgehead atoms. The fraction of sp³-hybridized carbons (Fsp3) is 0.375. The summed E-state index contributed by atoms with van der Waals surface area (Å²) in [7, 11) is 0. The lowest BCUT2D eigenvalue weighted by Crippen LogP contribution is -2.35. The highest BCUT2D eigenvalue weighted by Gasteiger charge is 2.13. The Balaban J connectivity index is 1.87. The van der Waals surface area contributed by atoms with Gasteiger partial charge in [-0.3, -0.25) is 9.59 Å². The molecule has 0 radical (unpaired) electrons. The molecule has 22 heavy (non-hydrogen) atoms. The standard InChI is InChI=1S/C16H19BrN2O3/c1-3-10(2)19-15(20)6-7-18-16(21)14-9-11-8-12(17)4-5-13(11)22-14/h4-5,8-10H,3,6-7H2,1-2H3,(H,18,21)(H,19,20)/t10-/m0/s1. The van der Waals surface area contributed by atoms with Gasteiger partial charge in [-0.2, -0.15) is 0 Å². The normalized spacial score (nSPS) is 12.1. The second kappa shape index (κ2) is 7.45. The Kier molecular flexibility index (Phi) is 5.60. The molecule has 1 aromatic carbocycles. The average Bonchev–Trinajstić information content (AvgIpc) is 2.90. The molecule has 118 valence electrons. The molecule has 0 saturated heterocycles. The third kappa shape index (κ3) is 4.34. The molecular formula is C16H19BrN2O3. The van der Waals surface area contributed by atoms with Crippen LogP contribution < -0.4 is 10.6 Å². The van der Waals surface area contributed by atoms with E-state index < -0.39 is 0 Å². The summed E-state index contributed by atoms with van der Waals surface area (Å²) in [6.07, 6.45) is 1.13. The molecule has 2 aromatic rings. The molecule has 2 N–H and O–H groups in total. The minimum atomic E-state index is -0.316. The fourth-order valence-corrected chi connectivity index (χ4v) is 2.33. The molecule has 0 aliphatic carbocycles. The first-order chi connectivity index (χ1) is 10.5. The summed E-state index contributed by atoms with van der Waals surface area (Å²) in [6.45, 7) is 4.23. The number of nitrogens with one attached hydrogen (secondary N) is 2. The Morgan fingerprint density at radius 2 is 2.09 bits per heavy atom. The molecule has 2 rings (SSSR count). The van der Waals surface area contributed by atoms with Gasteiger partial charge in [0, 0.05) is 28.9 Å². The largest absolute Gasteiger partial charge is 0.451 e. The minimum absolute atomic E-state index is 0.0665. The van der Waals surface area contributed by atoms with Crippen molar-refractivity contribution in [2.24, 2.45) is 0 Å². The summed E-state index contributed by atoms with van der Waals surface area (Å²) in [4.78, 5) is 23.6. The van der Waals surface area contributed by atoms with Crippen LogP contribution in [0, 0.1) is 0 Å². The van der Waals surface area contributed by atoms with Crippen LogP contribution in [0.25, 0.3) is 11.0 Å². The zero-order valence-corrected chi connectivity index (χ0v) is 14.2. The number of carbonyl (C=O) groups is 2. The van der Waals surface area contributed by atoms with E-state index in [1.807, 2.05) is 26.0 Å². The molecule has 1 atom stereocenters. The lowest BCUT2D eigenvalue weighted by atomic mass is 10.2. The highest BCUT2D eigenvalue weighted by molar-refractivity contribution is 9.10. The van der Waals surface area contributed by atoms with Gasteiger partial charge in [0.25, 0.3) is 5.91 Å². The van der Waals surface area contributed by atoms with Crippen LogP contribution in [-0.4, -0.2) is 24.4 Å². The number of carbonyl (C=O) groups excluding carboxylic acids is 2. The van der Waals surface area contributed by atoms with Crippen molar-refractivity contribution in [1.82, 2.24) is 10.6 Å². The quantitative estimate of drug-likeness (QED) is 0.824. The number of furan rings is 1. The maximum Gasteiger partial charge on any atom is 0.287 e. The Labute approximate surface area is 137 Å². The van der Waals surface area contributed by atoms with Crippen molar-refractivity contribution in [3.63, 3.8) is 0 Å². The Morgan fingerprint density at radius 3 is 2.82 bits per heavy atom. The third-order valence-electron chi connectivity index (χ3n) is 3.36. The highest BCUT2D eigenvalue weighted by atomic mass is 79.9. The van der Waals surface area contributed by atoms with E-state index in [1.54, 1.807) is 12.1 Å². The van der Waals surface area contributed by atoms with Crippen LogP contribution >= 0.6 is 15.9 Å². The average molecular weight is 367 g/mol. The molecule has 6 heteroatoms. The number of hydrogen-bond donors (Lipinski definition) is 2. The maximum absolute atomic E-state index is 12.0. The zero-order valence-electron chi connectivity index (χ0n) is 12.6. The monoisotopic (exact) mass is 366 g/mol. The van der Waals surface area contributed by atoms with E-state index in [2.05, 4.69) is 26.6 Å². The van der Waals surface area contributed by atoms with E-state index in [0.717, 1.165) is 16.3 Å². The van der Waals surface area contributed by atoms with Crippen LogP contribution in [0.3, 0.4) is 0 Å². The first-order valence-electron chi connectivity index (χ1n) is 7.26. The molecule has 0 aliphatic rings. The van der Waals surface area contributed by atoms with Gasteiger partial charge in [0.1, 0.15) is 5.58 Å². The second-order valence-electron chi connectivity index (χ2n) is 5.18. The molecule has 0 unspecified atom stereocenters. The van der Waals surface area contributed by atoms with Crippen molar-refractivity contribution in [3.05, 3.63) is 34.5 Å². The SMILES string of the molecule is CC[C@H](C)NC(=O)CCNC(=O)c1cc2cc(Br)ccc2o1. The summed E-state index contributed by atoms with van der Waals surface area (Å²) in [5, 5.41) is 6.40. The van der Waals surface area contributed by atoms with Gasteiger partial charge in [-0.15, -0.1) is 0 Å². The van der Waals surface area contributed by atoms with E-state index in [-0.39, 0.29) is 36.6 Å². The zero-order chi connectivity index (χ0) is 16.1. The Morgan fingerprint density at radius 1 is 1.32 bits per heavy atom. The predicted octanol–water partition coefficient (Wildman–Crippen LogP) is 3.23. The van der Waals surface area contributed by atoms with Crippen LogP contribution in [0.2, 0.25) is 0 Å². The van der Waals surface area contributed by atoms with Crippen molar-refractivity contribution >= 4 is 38.7 Å². The van der Waals surface area contributed by atoms with Gasteiger partial charge in [0.2, 0.25) is 5.91 Å². The minimum Gasteiger partial charge on any atom is -0.451 e. The summed E-state index contributed by atoms with van der Waals surface area (Å²) < 4.78 is 6.42. The molecule has 0 saturated carbocycles. The lowest BCUT2D eigenvalue weighted by Gasteiger charge is -2.11. The van der Waals surface area contributed by atoms with Gasteiger partial charge in [-0.05, 0) is 37.6 Å².